The van der Waals surface area contributed by atoms with Crippen LogP contribution >= 0.6 is 0 Å². The van der Waals surface area contributed by atoms with Gasteiger partial charge in [-0.2, -0.15) is 0 Å². The predicted octanol–water partition coefficient (Wildman–Crippen LogP) is 2.64. The molecule has 0 aromatic heterocycles. The third kappa shape index (κ3) is 4.06. The van der Waals surface area contributed by atoms with E-state index in [2.05, 4.69) is 5.32 Å². The molecule has 0 aliphatic rings. The van der Waals surface area contributed by atoms with Gasteiger partial charge in [-0.25, -0.2) is 0 Å². The molecule has 3 aromatic rings. The van der Waals surface area contributed by atoms with Crippen LogP contribution in [0.15, 0.2) is 36.4 Å². The van der Waals surface area contributed by atoms with Gasteiger partial charge in [-0.15, -0.1) is 0 Å². The number of hydrogen-bond donors (Lipinski definition) is 2. The highest BCUT2D eigenvalue weighted by atomic mass is 16.5. The van der Waals surface area contributed by atoms with E-state index in [1.165, 1.54) is 7.11 Å². The van der Waals surface area contributed by atoms with Crippen LogP contribution in [0, 0.1) is 0 Å². The van der Waals surface area contributed by atoms with Crippen LogP contribution in [-0.4, -0.2) is 52.2 Å². The SMILES string of the molecule is COC(=O)C(CO)NCc1cc2cc(OC)c(OC)cc2c2cc(OC)ccc12. The molecule has 0 amide bonds. The summed E-state index contributed by atoms with van der Waals surface area (Å²) in [5.74, 6) is 1.50. The Labute approximate surface area is 169 Å². The first-order valence-corrected chi connectivity index (χ1v) is 9.13. The number of ether oxygens (including phenoxy) is 4. The topological polar surface area (TPSA) is 86.3 Å². The maximum atomic E-state index is 11.8. The molecule has 2 N–H and O–H groups in total. The summed E-state index contributed by atoms with van der Waals surface area (Å²) in [6.07, 6.45) is 0. The average molecular weight is 399 g/mol. The van der Waals surface area contributed by atoms with Crippen LogP contribution < -0.4 is 19.5 Å². The van der Waals surface area contributed by atoms with Crippen molar-refractivity contribution in [2.24, 2.45) is 0 Å². The number of carbonyl (C=O) groups excluding carboxylic acids is 1. The molecule has 7 nitrogen and oxygen atoms in total. The molecule has 0 bridgehead atoms. The molecule has 0 spiro atoms. The first-order chi connectivity index (χ1) is 14.1. The zero-order valence-corrected chi connectivity index (χ0v) is 16.9. The van der Waals surface area contributed by atoms with Crippen LogP contribution in [-0.2, 0) is 16.1 Å². The van der Waals surface area contributed by atoms with Gasteiger partial charge in [0, 0.05) is 6.54 Å². The van der Waals surface area contributed by atoms with Crippen molar-refractivity contribution in [3.05, 3.63) is 42.0 Å². The molecule has 0 fully saturated rings. The Hall–Kier alpha value is -3.03. The van der Waals surface area contributed by atoms with Crippen LogP contribution in [0.4, 0.5) is 0 Å². The van der Waals surface area contributed by atoms with Gasteiger partial charge in [0.1, 0.15) is 11.8 Å². The van der Waals surface area contributed by atoms with Crippen molar-refractivity contribution in [1.82, 2.24) is 5.32 Å². The first kappa shape index (κ1) is 20.7. The number of nitrogens with one attached hydrogen (secondary N) is 1. The second-order valence-corrected chi connectivity index (χ2v) is 6.51. The zero-order valence-electron chi connectivity index (χ0n) is 16.9. The summed E-state index contributed by atoms with van der Waals surface area (Å²) < 4.78 is 21.0. The number of benzene rings is 3. The van der Waals surface area contributed by atoms with E-state index in [9.17, 15) is 9.90 Å². The van der Waals surface area contributed by atoms with Crippen molar-refractivity contribution >= 4 is 27.5 Å². The molecular formula is C22H25NO6. The Morgan fingerprint density at radius 1 is 0.931 bits per heavy atom. The van der Waals surface area contributed by atoms with Crippen molar-refractivity contribution < 1.29 is 28.8 Å². The summed E-state index contributed by atoms with van der Waals surface area (Å²) in [6.45, 7) is 0.0183. The Bertz CT molecular complexity index is 1030. The van der Waals surface area contributed by atoms with Gasteiger partial charge < -0.3 is 24.1 Å². The largest absolute Gasteiger partial charge is 0.497 e. The van der Waals surface area contributed by atoms with Gasteiger partial charge in [-0.05, 0) is 57.4 Å². The number of carbonyl (C=O) groups is 1. The van der Waals surface area contributed by atoms with E-state index in [-0.39, 0.29) is 6.61 Å². The summed E-state index contributed by atoms with van der Waals surface area (Å²) in [4.78, 5) is 11.8. The Kier molecular flexibility index (Phi) is 6.41. The fraction of sp³-hybridized carbons (Fsp3) is 0.318. The third-order valence-corrected chi connectivity index (χ3v) is 4.96. The Morgan fingerprint density at radius 2 is 1.66 bits per heavy atom. The van der Waals surface area contributed by atoms with Gasteiger partial charge in [0.05, 0.1) is 35.0 Å². The van der Waals surface area contributed by atoms with E-state index in [1.54, 1.807) is 21.3 Å². The van der Waals surface area contributed by atoms with Crippen molar-refractivity contribution in [3.63, 3.8) is 0 Å². The van der Waals surface area contributed by atoms with Crippen LogP contribution in [0.5, 0.6) is 17.2 Å². The predicted molar refractivity (Wildman–Crippen MR) is 111 cm³/mol. The maximum Gasteiger partial charge on any atom is 0.325 e. The smallest absolute Gasteiger partial charge is 0.325 e. The molecule has 0 aliphatic heterocycles. The molecule has 3 rings (SSSR count). The lowest BCUT2D eigenvalue weighted by Gasteiger charge is -2.17. The number of rotatable bonds is 8. The third-order valence-electron chi connectivity index (χ3n) is 4.96. The fourth-order valence-corrected chi connectivity index (χ4v) is 3.41. The Morgan fingerprint density at radius 3 is 2.28 bits per heavy atom. The van der Waals surface area contributed by atoms with Crippen molar-refractivity contribution in [3.8, 4) is 17.2 Å². The first-order valence-electron chi connectivity index (χ1n) is 9.13. The van der Waals surface area contributed by atoms with Crippen molar-refractivity contribution in [2.45, 2.75) is 12.6 Å². The van der Waals surface area contributed by atoms with Crippen LogP contribution in [0.25, 0.3) is 21.5 Å². The molecule has 29 heavy (non-hydrogen) atoms. The number of aliphatic hydroxyl groups is 1. The van der Waals surface area contributed by atoms with Gasteiger partial charge in [0.2, 0.25) is 0 Å². The normalized spacial score (nSPS) is 12.0. The highest BCUT2D eigenvalue weighted by Gasteiger charge is 2.18. The minimum Gasteiger partial charge on any atom is -0.497 e. The quantitative estimate of drug-likeness (QED) is 0.445. The van der Waals surface area contributed by atoms with Gasteiger partial charge in [-0.1, -0.05) is 6.07 Å². The standard InChI is InChI=1S/C22H25NO6/c1-26-15-5-6-16-14(11-23-19(12-24)22(25)29-4)7-13-8-20(27-2)21(28-3)10-17(13)18(16)9-15/h5-10,19,23-24H,11-12H2,1-4H3. The number of fused-ring (bicyclic) bond motifs is 3. The molecule has 1 unspecified atom stereocenters. The minimum atomic E-state index is -0.797. The summed E-state index contributed by atoms with van der Waals surface area (Å²) in [5, 5.41) is 16.5. The van der Waals surface area contributed by atoms with E-state index in [4.69, 9.17) is 18.9 Å². The number of aliphatic hydroxyl groups excluding tert-OH is 1. The molecule has 0 aliphatic carbocycles. The maximum absolute atomic E-state index is 11.8. The lowest BCUT2D eigenvalue weighted by Crippen LogP contribution is -2.40. The van der Waals surface area contributed by atoms with Gasteiger partial charge in [0.25, 0.3) is 0 Å². The fourth-order valence-electron chi connectivity index (χ4n) is 3.41. The molecule has 7 heteroatoms. The number of methoxy groups -OCH3 is 4. The van der Waals surface area contributed by atoms with Gasteiger partial charge >= 0.3 is 5.97 Å². The van der Waals surface area contributed by atoms with Gasteiger partial charge in [-0.3, -0.25) is 10.1 Å². The molecule has 0 saturated heterocycles. The second-order valence-electron chi connectivity index (χ2n) is 6.51. The van der Waals surface area contributed by atoms with Crippen LogP contribution in [0.2, 0.25) is 0 Å². The van der Waals surface area contributed by atoms with E-state index in [1.807, 2.05) is 36.4 Å². The summed E-state index contributed by atoms with van der Waals surface area (Å²) in [6, 6.07) is 10.9. The van der Waals surface area contributed by atoms with Crippen LogP contribution in [0.1, 0.15) is 5.56 Å². The van der Waals surface area contributed by atoms with Gasteiger partial charge in [0.15, 0.2) is 11.5 Å². The van der Waals surface area contributed by atoms with E-state index in [0.29, 0.717) is 18.0 Å². The Balaban J connectivity index is 2.16. The molecule has 0 heterocycles. The van der Waals surface area contributed by atoms with Crippen molar-refractivity contribution in [1.29, 1.82) is 0 Å². The molecule has 0 saturated carbocycles. The van der Waals surface area contributed by atoms with Crippen molar-refractivity contribution in [2.75, 3.05) is 35.0 Å². The molecule has 3 aromatic carbocycles. The number of hydrogen-bond acceptors (Lipinski definition) is 7. The van der Waals surface area contributed by atoms with Crippen LogP contribution in [0.3, 0.4) is 0 Å². The lowest BCUT2D eigenvalue weighted by molar-refractivity contribution is -0.144. The second kappa shape index (κ2) is 8.98. The zero-order chi connectivity index (χ0) is 21.0. The minimum absolute atomic E-state index is 0.350. The molecular weight excluding hydrogens is 374 g/mol. The molecule has 1 atom stereocenters. The highest BCUT2D eigenvalue weighted by Crippen LogP contribution is 2.38. The summed E-state index contributed by atoms with van der Waals surface area (Å²) in [7, 11) is 6.12. The number of esters is 1. The highest BCUT2D eigenvalue weighted by molar-refractivity contribution is 6.10. The lowest BCUT2D eigenvalue weighted by atomic mass is 9.96. The molecule has 154 valence electrons. The van der Waals surface area contributed by atoms with E-state index >= 15 is 0 Å². The summed E-state index contributed by atoms with van der Waals surface area (Å²) in [5.41, 5.74) is 0.963. The van der Waals surface area contributed by atoms with E-state index < -0.39 is 12.0 Å². The average Bonchev–Trinajstić information content (AvgIpc) is 2.77. The molecule has 0 radical (unpaired) electrons. The van der Waals surface area contributed by atoms with E-state index in [0.717, 1.165) is 32.9 Å². The summed E-state index contributed by atoms with van der Waals surface area (Å²) >= 11 is 0. The monoisotopic (exact) mass is 399 g/mol.